The average molecular weight is 651 g/mol. The van der Waals surface area contributed by atoms with E-state index in [0.717, 1.165) is 62.0 Å². The molecule has 3 fully saturated rings. The summed E-state index contributed by atoms with van der Waals surface area (Å²) in [7, 11) is 0. The van der Waals surface area contributed by atoms with Gasteiger partial charge in [-0.3, -0.25) is 9.59 Å². The van der Waals surface area contributed by atoms with Crippen molar-refractivity contribution >= 4 is 17.5 Å². The molecule has 0 saturated heterocycles. The minimum atomic E-state index is -0.572. The van der Waals surface area contributed by atoms with Gasteiger partial charge < -0.3 is 19.6 Å². The summed E-state index contributed by atoms with van der Waals surface area (Å²) in [5.74, 6) is 2.94. The van der Waals surface area contributed by atoms with Crippen molar-refractivity contribution in [2.75, 3.05) is 0 Å². The molecule has 0 spiro atoms. The van der Waals surface area contributed by atoms with Gasteiger partial charge in [-0.1, -0.05) is 45.3 Å². The lowest BCUT2D eigenvalue weighted by molar-refractivity contribution is -0.157. The van der Waals surface area contributed by atoms with E-state index in [1.54, 1.807) is 19.4 Å². The Morgan fingerprint density at radius 2 is 1.87 bits per heavy atom. The third-order valence-corrected chi connectivity index (χ3v) is 13.4. The Kier molecular flexibility index (Phi) is 11.2. The second-order valence-corrected chi connectivity index (χ2v) is 17.2. The summed E-state index contributed by atoms with van der Waals surface area (Å²) in [6.07, 6.45) is 19.8. The minimum Gasteiger partial charge on any atom is -0.462 e. The number of nitrogens with zero attached hydrogens (tertiary/aromatic N) is 1. The minimum absolute atomic E-state index is 0.00640. The van der Waals surface area contributed by atoms with Crippen LogP contribution in [0.1, 0.15) is 144 Å². The van der Waals surface area contributed by atoms with Gasteiger partial charge in [0.25, 0.3) is 0 Å². The van der Waals surface area contributed by atoms with Crippen LogP contribution in [0.2, 0.25) is 0 Å². The Balaban J connectivity index is 1.20. The number of esters is 1. The van der Waals surface area contributed by atoms with Gasteiger partial charge in [0.1, 0.15) is 17.7 Å². The molecular formula is C40H62N2O5. The molecular weight excluding hydrogens is 588 g/mol. The SMILES string of the molecule is CC(=O)CCCC(=O)C[C@@H](Cc1cnc[nH]1)C(=O)O[C@H]1CC[C@@]2(C)C(=CC[C@H]3[C@@H]4CC[C@H]([C@H](C)CCCC(C)(C)O)[C@@]4(C)CC[C@@H]32)C1. The number of fused-ring (bicyclic) bond motifs is 5. The summed E-state index contributed by atoms with van der Waals surface area (Å²) in [6.45, 7) is 13.0. The molecule has 1 heterocycles. The molecule has 7 heteroatoms. The third-order valence-electron chi connectivity index (χ3n) is 13.4. The molecule has 5 rings (SSSR count). The summed E-state index contributed by atoms with van der Waals surface area (Å²) in [5, 5.41) is 10.2. The fourth-order valence-corrected chi connectivity index (χ4v) is 10.8. The van der Waals surface area contributed by atoms with E-state index in [1.165, 1.54) is 37.7 Å². The lowest BCUT2D eigenvalue weighted by Gasteiger charge is -2.58. The van der Waals surface area contributed by atoms with Crippen LogP contribution in [0.3, 0.4) is 0 Å². The van der Waals surface area contributed by atoms with Crippen LogP contribution in [0.25, 0.3) is 0 Å². The molecule has 0 unspecified atom stereocenters. The molecule has 0 radical (unpaired) electrons. The molecule has 0 bridgehead atoms. The van der Waals surface area contributed by atoms with Gasteiger partial charge in [-0.2, -0.15) is 0 Å². The zero-order chi connectivity index (χ0) is 34.0. The van der Waals surface area contributed by atoms with Gasteiger partial charge in [-0.25, -0.2) is 4.98 Å². The maximum atomic E-state index is 13.6. The first-order valence-corrected chi connectivity index (χ1v) is 18.8. The highest BCUT2D eigenvalue weighted by molar-refractivity contribution is 5.85. The van der Waals surface area contributed by atoms with E-state index >= 15 is 0 Å². The topological polar surface area (TPSA) is 109 Å². The van der Waals surface area contributed by atoms with Crippen molar-refractivity contribution in [2.45, 2.75) is 156 Å². The predicted octanol–water partition coefficient (Wildman–Crippen LogP) is 8.36. The van der Waals surface area contributed by atoms with Crippen LogP contribution < -0.4 is 0 Å². The Bertz CT molecular complexity index is 1280. The van der Waals surface area contributed by atoms with Crippen LogP contribution in [0.15, 0.2) is 24.2 Å². The number of Topliss-reactive ketones (excluding diaryl/α,β-unsaturated/α-hetero) is 2. The van der Waals surface area contributed by atoms with Crippen LogP contribution >= 0.6 is 0 Å². The Labute approximate surface area is 283 Å². The molecule has 0 aliphatic heterocycles. The average Bonchev–Trinajstić information content (AvgIpc) is 3.63. The number of hydrogen-bond acceptors (Lipinski definition) is 6. The molecule has 262 valence electrons. The molecule has 7 nitrogen and oxygen atoms in total. The summed E-state index contributed by atoms with van der Waals surface area (Å²) in [6, 6.07) is 0. The lowest BCUT2D eigenvalue weighted by atomic mass is 9.47. The molecule has 0 amide bonds. The Morgan fingerprint density at radius 1 is 1.09 bits per heavy atom. The quantitative estimate of drug-likeness (QED) is 0.146. The maximum Gasteiger partial charge on any atom is 0.310 e. The molecule has 3 saturated carbocycles. The fraction of sp³-hybridized carbons (Fsp3) is 0.800. The molecule has 4 aliphatic rings. The lowest BCUT2D eigenvalue weighted by Crippen LogP contribution is -2.51. The van der Waals surface area contributed by atoms with Gasteiger partial charge in [0.05, 0.1) is 17.8 Å². The fourth-order valence-electron chi connectivity index (χ4n) is 10.8. The van der Waals surface area contributed by atoms with Crippen LogP contribution in [0, 0.1) is 46.3 Å². The first-order valence-electron chi connectivity index (χ1n) is 18.8. The number of aromatic nitrogens is 2. The molecule has 1 aromatic heterocycles. The van der Waals surface area contributed by atoms with Crippen molar-refractivity contribution in [3.05, 3.63) is 29.9 Å². The summed E-state index contributed by atoms with van der Waals surface area (Å²) in [5.41, 5.74) is 2.33. The first kappa shape index (κ1) is 36.0. The van der Waals surface area contributed by atoms with Crippen molar-refractivity contribution in [3.63, 3.8) is 0 Å². The van der Waals surface area contributed by atoms with Gasteiger partial charge in [-0.15, -0.1) is 0 Å². The molecule has 1 aromatic rings. The van der Waals surface area contributed by atoms with Gasteiger partial charge >= 0.3 is 5.97 Å². The summed E-state index contributed by atoms with van der Waals surface area (Å²) < 4.78 is 6.22. The van der Waals surface area contributed by atoms with E-state index in [4.69, 9.17) is 4.74 Å². The van der Waals surface area contributed by atoms with E-state index in [-0.39, 0.29) is 35.5 Å². The third kappa shape index (κ3) is 8.31. The van der Waals surface area contributed by atoms with Gasteiger partial charge in [0.2, 0.25) is 0 Å². The smallest absolute Gasteiger partial charge is 0.310 e. The van der Waals surface area contributed by atoms with Gasteiger partial charge in [-0.05, 0) is 119 Å². The number of carbonyl (C=O) groups excluding carboxylic acids is 3. The van der Waals surface area contributed by atoms with Crippen molar-refractivity contribution in [1.29, 1.82) is 0 Å². The van der Waals surface area contributed by atoms with Crippen LogP contribution in [0.4, 0.5) is 0 Å². The summed E-state index contributed by atoms with van der Waals surface area (Å²) in [4.78, 5) is 44.9. The number of allylic oxidation sites excluding steroid dienone is 1. The molecule has 47 heavy (non-hydrogen) atoms. The zero-order valence-electron chi connectivity index (χ0n) is 30.1. The predicted molar refractivity (Wildman–Crippen MR) is 184 cm³/mol. The Morgan fingerprint density at radius 3 is 2.57 bits per heavy atom. The van der Waals surface area contributed by atoms with Crippen molar-refractivity contribution in [1.82, 2.24) is 9.97 Å². The number of ketones is 2. The van der Waals surface area contributed by atoms with Crippen LogP contribution in [-0.2, 0) is 25.5 Å². The number of hydrogen-bond donors (Lipinski definition) is 2. The second-order valence-electron chi connectivity index (χ2n) is 17.2. The van der Waals surface area contributed by atoms with E-state index in [0.29, 0.717) is 42.9 Å². The van der Waals surface area contributed by atoms with E-state index < -0.39 is 11.5 Å². The highest BCUT2D eigenvalue weighted by Crippen LogP contribution is 2.67. The number of nitrogens with one attached hydrogen (secondary N) is 1. The number of carbonyl (C=O) groups is 3. The van der Waals surface area contributed by atoms with Gasteiger partial charge in [0.15, 0.2) is 0 Å². The van der Waals surface area contributed by atoms with E-state index in [9.17, 15) is 19.5 Å². The summed E-state index contributed by atoms with van der Waals surface area (Å²) >= 11 is 0. The first-order chi connectivity index (χ1) is 22.2. The van der Waals surface area contributed by atoms with Crippen molar-refractivity contribution in [3.8, 4) is 0 Å². The number of aliphatic hydroxyl groups is 1. The molecule has 4 aliphatic carbocycles. The highest BCUT2D eigenvalue weighted by atomic mass is 16.5. The Hall–Kier alpha value is -2.28. The normalized spacial score (nSPS) is 33.2. The number of aromatic amines is 1. The number of H-pyrrole nitrogens is 1. The van der Waals surface area contributed by atoms with E-state index in [2.05, 4.69) is 36.8 Å². The molecule has 0 aromatic carbocycles. The largest absolute Gasteiger partial charge is 0.462 e. The van der Waals surface area contributed by atoms with Crippen molar-refractivity contribution < 1.29 is 24.2 Å². The maximum absolute atomic E-state index is 13.6. The standard InChI is InChI=1S/C40H62N2O5/c1-26(9-8-18-38(3,4)46)34-14-15-35-33-13-12-29-23-32(16-19-39(29,5)36(33)17-20-40(34,35)6)47-37(45)28(21-30-24-41-25-42-30)22-31(44)11-7-10-27(2)43/h12,24-26,28,32-36,46H,7-11,13-23H2,1-6H3,(H,41,42)/t26-,28-,32+,33+,34-,35+,36+,39+,40-/m1/s1. The van der Waals surface area contributed by atoms with Crippen LogP contribution in [-0.4, -0.2) is 44.3 Å². The van der Waals surface area contributed by atoms with Crippen molar-refractivity contribution in [2.24, 2.45) is 46.3 Å². The number of rotatable bonds is 15. The molecule has 2 N–H and O–H groups in total. The van der Waals surface area contributed by atoms with E-state index in [1.807, 2.05) is 13.8 Å². The highest BCUT2D eigenvalue weighted by Gasteiger charge is 2.59. The number of ether oxygens (including phenoxy) is 1. The van der Waals surface area contributed by atoms with Gasteiger partial charge in [0, 0.05) is 44.0 Å². The molecule has 9 atom stereocenters. The zero-order valence-corrected chi connectivity index (χ0v) is 30.1. The second kappa shape index (κ2) is 14.7. The monoisotopic (exact) mass is 650 g/mol. The van der Waals surface area contributed by atoms with Crippen LogP contribution in [0.5, 0.6) is 0 Å². The number of imidazole rings is 1.